The number of carbonyl (C=O) groups excluding carboxylic acids is 1. The molecule has 5 nitrogen and oxygen atoms in total. The van der Waals surface area contributed by atoms with Gasteiger partial charge in [-0.15, -0.1) is 0 Å². The largest absolute Gasteiger partial charge is 0.339 e. The minimum Gasteiger partial charge on any atom is -0.339 e. The number of carbonyl (C=O) groups is 1. The van der Waals surface area contributed by atoms with E-state index in [0.717, 1.165) is 22.3 Å². The average molecular weight is 323 g/mol. The molecule has 3 aromatic rings. The molecule has 1 N–H and O–H groups in total. The normalized spacial score (nSPS) is 11.0. The van der Waals surface area contributed by atoms with Crippen molar-refractivity contribution >= 4 is 22.5 Å². The number of anilines is 1. The second-order valence-electron chi connectivity index (χ2n) is 6.12. The maximum absolute atomic E-state index is 12.7. The fourth-order valence-electron chi connectivity index (χ4n) is 3.08. The lowest BCUT2D eigenvalue weighted by Gasteiger charge is -2.08. The Bertz CT molecular complexity index is 975. The number of nitrogens with one attached hydrogen (secondary N) is 1. The summed E-state index contributed by atoms with van der Waals surface area (Å²) < 4.78 is 3.39. The first kappa shape index (κ1) is 16.1. The molecule has 0 saturated carbocycles. The Kier molecular flexibility index (Phi) is 4.01. The zero-order valence-corrected chi connectivity index (χ0v) is 14.4. The van der Waals surface area contributed by atoms with Crippen LogP contribution in [0.4, 0.5) is 5.69 Å². The van der Waals surface area contributed by atoms with Gasteiger partial charge in [-0.2, -0.15) is 0 Å². The molecule has 0 radical (unpaired) electrons. The minimum absolute atomic E-state index is 0.0731. The van der Waals surface area contributed by atoms with Gasteiger partial charge >= 0.3 is 0 Å². The summed E-state index contributed by atoms with van der Waals surface area (Å²) in [5, 5.41) is 3.48. The molecule has 0 fully saturated rings. The predicted octanol–water partition coefficient (Wildman–Crippen LogP) is 3.23. The van der Waals surface area contributed by atoms with Crippen molar-refractivity contribution in [3.63, 3.8) is 0 Å². The molecule has 3 rings (SSSR count). The summed E-state index contributed by atoms with van der Waals surface area (Å²) in [7, 11) is 1.80. The molecule has 124 valence electrons. The molecule has 0 aliphatic heterocycles. The summed E-state index contributed by atoms with van der Waals surface area (Å²) in [6.45, 7) is 6.51. The van der Waals surface area contributed by atoms with Crippen LogP contribution in [-0.2, 0) is 13.6 Å². The summed E-state index contributed by atoms with van der Waals surface area (Å²) in [5.74, 6) is -0.221. The molecule has 24 heavy (non-hydrogen) atoms. The molecule has 0 bridgehead atoms. The molecular weight excluding hydrogens is 302 g/mol. The van der Waals surface area contributed by atoms with Gasteiger partial charge in [0.15, 0.2) is 0 Å². The highest BCUT2D eigenvalue weighted by molar-refractivity contribution is 6.06. The number of amides is 1. The van der Waals surface area contributed by atoms with Crippen molar-refractivity contribution in [3.05, 3.63) is 63.7 Å². The molecule has 5 heteroatoms. The maximum Gasteiger partial charge on any atom is 0.272 e. The van der Waals surface area contributed by atoms with E-state index in [4.69, 9.17) is 0 Å². The third-order valence-electron chi connectivity index (χ3n) is 4.24. The van der Waals surface area contributed by atoms with Crippen LogP contribution in [0.2, 0.25) is 0 Å². The summed E-state index contributed by atoms with van der Waals surface area (Å²) in [4.78, 5) is 25.1. The summed E-state index contributed by atoms with van der Waals surface area (Å²) >= 11 is 0. The van der Waals surface area contributed by atoms with Gasteiger partial charge in [-0.05, 0) is 56.2 Å². The number of hydrogen-bond acceptors (Lipinski definition) is 2. The van der Waals surface area contributed by atoms with E-state index in [-0.39, 0.29) is 11.5 Å². The summed E-state index contributed by atoms with van der Waals surface area (Å²) in [6, 6.07) is 9.45. The van der Waals surface area contributed by atoms with Crippen LogP contribution >= 0.6 is 0 Å². The Morgan fingerprint density at radius 3 is 2.42 bits per heavy atom. The number of aromatic nitrogens is 2. The number of rotatable bonds is 3. The first-order valence-electron chi connectivity index (χ1n) is 7.99. The lowest BCUT2D eigenvalue weighted by molar-refractivity contribution is 0.102. The van der Waals surface area contributed by atoms with Crippen LogP contribution in [-0.4, -0.2) is 15.0 Å². The molecule has 2 heterocycles. The van der Waals surface area contributed by atoms with E-state index in [1.54, 1.807) is 28.4 Å². The number of nitrogens with zero attached hydrogens (tertiary/aromatic N) is 2. The van der Waals surface area contributed by atoms with Crippen LogP contribution in [0.1, 0.15) is 28.5 Å². The lowest BCUT2D eigenvalue weighted by Crippen LogP contribution is -2.17. The Morgan fingerprint density at radius 1 is 1.12 bits per heavy atom. The molecule has 1 aromatic carbocycles. The van der Waals surface area contributed by atoms with Crippen LogP contribution in [0.15, 0.2) is 41.3 Å². The quantitative estimate of drug-likeness (QED) is 0.804. The molecule has 0 atom stereocenters. The molecular formula is C19H21N3O2. The van der Waals surface area contributed by atoms with Crippen LogP contribution in [0.25, 0.3) is 10.9 Å². The Morgan fingerprint density at radius 2 is 1.79 bits per heavy atom. The van der Waals surface area contributed by atoms with E-state index < -0.39 is 0 Å². The standard InChI is InChI=1S/C19H21N3O2/c1-5-22-7-6-16-15(19(22)24)11-17(21(16)4)18(23)20-14-9-12(2)8-13(3)10-14/h6-11H,5H2,1-4H3,(H,20,23). The van der Waals surface area contributed by atoms with Crippen molar-refractivity contribution < 1.29 is 4.79 Å². The van der Waals surface area contributed by atoms with Gasteiger partial charge in [-0.1, -0.05) is 6.07 Å². The highest BCUT2D eigenvalue weighted by Crippen LogP contribution is 2.18. The van der Waals surface area contributed by atoms with Crippen molar-refractivity contribution in [3.8, 4) is 0 Å². The van der Waals surface area contributed by atoms with Gasteiger partial charge in [-0.25, -0.2) is 0 Å². The Hall–Kier alpha value is -2.82. The van der Waals surface area contributed by atoms with Gasteiger partial charge < -0.3 is 14.5 Å². The SMILES string of the molecule is CCn1ccc2c(cc(C(=O)Nc3cc(C)cc(C)c3)n2C)c1=O. The fraction of sp³-hybridized carbons (Fsp3) is 0.263. The zero-order chi connectivity index (χ0) is 17.4. The van der Waals surface area contributed by atoms with Crippen LogP contribution < -0.4 is 10.9 Å². The van der Waals surface area contributed by atoms with Crippen LogP contribution in [0.3, 0.4) is 0 Å². The molecule has 0 spiro atoms. The third-order valence-corrected chi connectivity index (χ3v) is 4.24. The number of benzene rings is 1. The van der Waals surface area contributed by atoms with Gasteiger partial charge in [0.2, 0.25) is 0 Å². The molecule has 0 unspecified atom stereocenters. The van der Waals surface area contributed by atoms with Crippen molar-refractivity contribution in [2.75, 3.05) is 5.32 Å². The van der Waals surface area contributed by atoms with Gasteiger partial charge in [0.25, 0.3) is 11.5 Å². The van der Waals surface area contributed by atoms with Crippen molar-refractivity contribution in [1.29, 1.82) is 0 Å². The van der Waals surface area contributed by atoms with Gasteiger partial charge in [0.1, 0.15) is 5.69 Å². The zero-order valence-electron chi connectivity index (χ0n) is 14.4. The maximum atomic E-state index is 12.7. The number of hydrogen-bond donors (Lipinski definition) is 1. The van der Waals surface area contributed by atoms with Crippen molar-refractivity contribution in [2.45, 2.75) is 27.3 Å². The van der Waals surface area contributed by atoms with Crippen molar-refractivity contribution in [1.82, 2.24) is 9.13 Å². The number of aryl methyl sites for hydroxylation is 4. The highest BCUT2D eigenvalue weighted by atomic mass is 16.2. The summed E-state index contributed by atoms with van der Waals surface area (Å²) in [5.41, 5.74) is 4.09. The third kappa shape index (κ3) is 2.73. The van der Waals surface area contributed by atoms with E-state index >= 15 is 0 Å². The second kappa shape index (κ2) is 6.00. The van der Waals surface area contributed by atoms with Gasteiger partial charge in [0.05, 0.1) is 10.9 Å². The van der Waals surface area contributed by atoms with Gasteiger partial charge in [0, 0.05) is 25.5 Å². The molecule has 2 aromatic heterocycles. The Balaban J connectivity index is 2.02. The van der Waals surface area contributed by atoms with E-state index in [9.17, 15) is 9.59 Å². The predicted molar refractivity (Wildman–Crippen MR) is 96.7 cm³/mol. The van der Waals surface area contributed by atoms with Gasteiger partial charge in [-0.3, -0.25) is 9.59 Å². The monoisotopic (exact) mass is 323 g/mol. The van der Waals surface area contributed by atoms with E-state index in [1.807, 2.05) is 39.0 Å². The van der Waals surface area contributed by atoms with Crippen LogP contribution in [0, 0.1) is 13.8 Å². The highest BCUT2D eigenvalue weighted by Gasteiger charge is 2.16. The number of pyridine rings is 1. The lowest BCUT2D eigenvalue weighted by atomic mass is 10.1. The van der Waals surface area contributed by atoms with E-state index in [0.29, 0.717) is 17.6 Å². The first-order valence-corrected chi connectivity index (χ1v) is 7.99. The number of fused-ring (bicyclic) bond motifs is 1. The molecule has 0 saturated heterocycles. The van der Waals surface area contributed by atoms with Crippen LogP contribution in [0.5, 0.6) is 0 Å². The summed E-state index contributed by atoms with van der Waals surface area (Å²) in [6.07, 6.45) is 1.76. The Labute approximate surface area is 140 Å². The topological polar surface area (TPSA) is 56.0 Å². The molecule has 1 amide bonds. The molecule has 0 aliphatic rings. The second-order valence-corrected chi connectivity index (χ2v) is 6.12. The van der Waals surface area contributed by atoms with E-state index in [2.05, 4.69) is 11.4 Å². The fourth-order valence-corrected chi connectivity index (χ4v) is 3.08. The average Bonchev–Trinajstić information content (AvgIpc) is 2.85. The minimum atomic E-state index is -0.221. The van der Waals surface area contributed by atoms with Crippen molar-refractivity contribution in [2.24, 2.45) is 7.05 Å². The smallest absolute Gasteiger partial charge is 0.272 e. The molecule has 0 aliphatic carbocycles. The van der Waals surface area contributed by atoms with E-state index in [1.165, 1.54) is 0 Å². The first-order chi connectivity index (χ1) is 11.4.